The predicted molar refractivity (Wildman–Crippen MR) is 94.2 cm³/mol. The number of thiophene rings is 1. The van der Waals surface area contributed by atoms with Gasteiger partial charge in [0.1, 0.15) is 0 Å². The zero-order valence-electron chi connectivity index (χ0n) is 13.5. The van der Waals surface area contributed by atoms with E-state index in [1.54, 1.807) is 0 Å². The molecule has 0 bridgehead atoms. The number of nitrogens with zero attached hydrogens (tertiary/aromatic N) is 1. The molecular weight excluding hydrogens is 276 g/mol. The lowest BCUT2D eigenvalue weighted by Crippen LogP contribution is -2.22. The summed E-state index contributed by atoms with van der Waals surface area (Å²) in [5.74, 6) is 0. The first-order chi connectivity index (χ1) is 10.1. The summed E-state index contributed by atoms with van der Waals surface area (Å²) in [5.41, 5.74) is 3.96. The van der Waals surface area contributed by atoms with E-state index in [0.29, 0.717) is 6.04 Å². The van der Waals surface area contributed by atoms with Crippen molar-refractivity contribution >= 4 is 17.0 Å². The molecule has 1 aromatic carbocycles. The molecule has 0 saturated heterocycles. The van der Waals surface area contributed by atoms with E-state index in [4.69, 9.17) is 0 Å². The largest absolute Gasteiger partial charge is 0.378 e. The third-order valence-corrected chi connectivity index (χ3v) is 5.11. The summed E-state index contributed by atoms with van der Waals surface area (Å²) in [7, 11) is 0. The Kier molecular flexibility index (Phi) is 5.83. The topological polar surface area (TPSA) is 15.3 Å². The molecule has 0 radical (unpaired) electrons. The van der Waals surface area contributed by atoms with Gasteiger partial charge in [-0.3, -0.25) is 4.90 Å². The summed E-state index contributed by atoms with van der Waals surface area (Å²) < 4.78 is 0. The summed E-state index contributed by atoms with van der Waals surface area (Å²) >= 11 is 1.83. The summed E-state index contributed by atoms with van der Waals surface area (Å²) in [4.78, 5) is 3.86. The molecule has 1 aromatic heterocycles. The normalized spacial score (nSPS) is 12.6. The van der Waals surface area contributed by atoms with Crippen LogP contribution in [0.15, 0.2) is 35.7 Å². The van der Waals surface area contributed by atoms with Crippen LogP contribution in [0.1, 0.15) is 42.8 Å². The van der Waals surface area contributed by atoms with Crippen LogP contribution in [-0.2, 0) is 6.54 Å². The molecule has 0 amide bonds. The molecule has 1 atom stereocenters. The Morgan fingerprint density at radius 1 is 1.19 bits per heavy atom. The van der Waals surface area contributed by atoms with Crippen molar-refractivity contribution in [3.8, 4) is 0 Å². The molecule has 0 aliphatic carbocycles. The maximum absolute atomic E-state index is 3.63. The molecule has 2 aromatic rings. The smallest absolute Gasteiger partial charge is 0.0581 e. The van der Waals surface area contributed by atoms with Crippen molar-refractivity contribution in [3.05, 3.63) is 51.7 Å². The van der Waals surface area contributed by atoms with Gasteiger partial charge in [0.25, 0.3) is 0 Å². The van der Waals surface area contributed by atoms with Gasteiger partial charge in [-0.1, -0.05) is 26.0 Å². The number of hydrogen-bond donors (Lipinski definition) is 1. The van der Waals surface area contributed by atoms with Gasteiger partial charge in [-0.15, -0.1) is 11.3 Å². The molecule has 3 heteroatoms. The van der Waals surface area contributed by atoms with Gasteiger partial charge >= 0.3 is 0 Å². The van der Waals surface area contributed by atoms with Crippen LogP contribution in [0.3, 0.4) is 0 Å². The van der Waals surface area contributed by atoms with E-state index in [1.165, 1.54) is 21.7 Å². The Bertz CT molecular complexity index is 558. The third kappa shape index (κ3) is 4.32. The maximum atomic E-state index is 3.63. The molecule has 0 aliphatic rings. The summed E-state index contributed by atoms with van der Waals surface area (Å²) in [6.07, 6.45) is 0. The Labute approximate surface area is 132 Å². The van der Waals surface area contributed by atoms with Crippen LogP contribution < -0.4 is 5.32 Å². The zero-order valence-corrected chi connectivity index (χ0v) is 14.3. The minimum absolute atomic E-state index is 0.355. The molecule has 1 unspecified atom stereocenters. The van der Waals surface area contributed by atoms with Crippen molar-refractivity contribution in [1.82, 2.24) is 4.90 Å². The van der Waals surface area contributed by atoms with Gasteiger partial charge in [-0.05, 0) is 61.6 Å². The molecule has 1 heterocycles. The molecule has 0 aliphatic heterocycles. The van der Waals surface area contributed by atoms with Gasteiger partial charge in [-0.2, -0.15) is 0 Å². The Hall–Kier alpha value is -1.32. The molecule has 0 saturated carbocycles. The zero-order chi connectivity index (χ0) is 15.2. The fourth-order valence-electron chi connectivity index (χ4n) is 2.61. The van der Waals surface area contributed by atoms with Crippen molar-refractivity contribution in [2.24, 2.45) is 0 Å². The number of anilines is 1. The van der Waals surface area contributed by atoms with Crippen LogP contribution in [0.5, 0.6) is 0 Å². The minimum Gasteiger partial charge on any atom is -0.378 e. The van der Waals surface area contributed by atoms with Crippen molar-refractivity contribution in [3.63, 3.8) is 0 Å². The third-order valence-electron chi connectivity index (χ3n) is 3.91. The van der Waals surface area contributed by atoms with E-state index >= 15 is 0 Å². The molecule has 1 N–H and O–H groups in total. The molecule has 0 spiro atoms. The summed E-state index contributed by atoms with van der Waals surface area (Å²) in [6, 6.07) is 11.3. The van der Waals surface area contributed by atoms with E-state index in [9.17, 15) is 0 Å². The lowest BCUT2D eigenvalue weighted by Gasteiger charge is -2.19. The average molecular weight is 302 g/mol. The lowest BCUT2D eigenvalue weighted by atomic mass is 10.1. The number of aryl methyl sites for hydroxylation is 1. The molecule has 2 nitrogen and oxygen atoms in total. The number of benzene rings is 1. The minimum atomic E-state index is 0.355. The quantitative estimate of drug-likeness (QED) is 0.768. The summed E-state index contributed by atoms with van der Waals surface area (Å²) in [5, 5.41) is 5.79. The number of hydrogen-bond acceptors (Lipinski definition) is 3. The second kappa shape index (κ2) is 7.62. The van der Waals surface area contributed by atoms with Crippen LogP contribution in [0.25, 0.3) is 0 Å². The lowest BCUT2D eigenvalue weighted by molar-refractivity contribution is 0.296. The fourth-order valence-corrected chi connectivity index (χ4v) is 3.54. The fraction of sp³-hybridized carbons (Fsp3) is 0.444. The van der Waals surface area contributed by atoms with Crippen molar-refractivity contribution in [1.29, 1.82) is 0 Å². The summed E-state index contributed by atoms with van der Waals surface area (Å²) in [6.45, 7) is 12.1. The molecule has 114 valence electrons. The van der Waals surface area contributed by atoms with Gasteiger partial charge in [0.15, 0.2) is 0 Å². The first-order valence-corrected chi connectivity index (χ1v) is 8.63. The Balaban J connectivity index is 2.05. The monoisotopic (exact) mass is 302 g/mol. The van der Waals surface area contributed by atoms with E-state index in [-0.39, 0.29) is 0 Å². The van der Waals surface area contributed by atoms with Gasteiger partial charge in [0.2, 0.25) is 0 Å². The highest BCUT2D eigenvalue weighted by atomic mass is 32.1. The van der Waals surface area contributed by atoms with E-state index in [1.807, 2.05) is 11.3 Å². The van der Waals surface area contributed by atoms with Gasteiger partial charge < -0.3 is 5.32 Å². The first kappa shape index (κ1) is 16.1. The Morgan fingerprint density at radius 2 is 1.95 bits per heavy atom. The number of rotatable bonds is 7. The van der Waals surface area contributed by atoms with Crippen LogP contribution in [0.4, 0.5) is 5.69 Å². The second-order valence-electron chi connectivity index (χ2n) is 5.50. The molecule has 2 rings (SSSR count). The SMILES string of the molecule is CCN(CC)Cc1cccc(NC(C)c2sccc2C)c1. The number of nitrogens with one attached hydrogen (secondary N) is 1. The first-order valence-electron chi connectivity index (χ1n) is 7.75. The maximum Gasteiger partial charge on any atom is 0.0581 e. The average Bonchev–Trinajstić information content (AvgIpc) is 2.91. The van der Waals surface area contributed by atoms with Gasteiger partial charge in [0, 0.05) is 17.1 Å². The standard InChI is InChI=1S/C18H26N2S/c1-5-20(6-2)13-16-8-7-9-17(12-16)19-15(4)18-14(3)10-11-21-18/h7-12,15,19H,5-6,13H2,1-4H3. The van der Waals surface area contributed by atoms with Crippen LogP contribution in [-0.4, -0.2) is 18.0 Å². The molecule has 0 fully saturated rings. The van der Waals surface area contributed by atoms with Gasteiger partial charge in [-0.25, -0.2) is 0 Å². The van der Waals surface area contributed by atoms with Crippen LogP contribution in [0.2, 0.25) is 0 Å². The van der Waals surface area contributed by atoms with Crippen LogP contribution >= 0.6 is 11.3 Å². The molecule has 21 heavy (non-hydrogen) atoms. The van der Waals surface area contributed by atoms with Gasteiger partial charge in [0.05, 0.1) is 6.04 Å². The highest BCUT2D eigenvalue weighted by molar-refractivity contribution is 7.10. The second-order valence-corrected chi connectivity index (χ2v) is 6.44. The van der Waals surface area contributed by atoms with E-state index in [0.717, 1.165) is 19.6 Å². The Morgan fingerprint density at radius 3 is 2.57 bits per heavy atom. The van der Waals surface area contributed by atoms with Crippen molar-refractivity contribution in [2.45, 2.75) is 40.3 Å². The van der Waals surface area contributed by atoms with Crippen molar-refractivity contribution < 1.29 is 0 Å². The van der Waals surface area contributed by atoms with Crippen molar-refractivity contribution in [2.75, 3.05) is 18.4 Å². The highest BCUT2D eigenvalue weighted by Crippen LogP contribution is 2.27. The predicted octanol–water partition coefficient (Wildman–Crippen LogP) is 5.07. The molecular formula is C18H26N2S. The van der Waals surface area contributed by atoms with Crippen LogP contribution in [0, 0.1) is 6.92 Å². The van der Waals surface area contributed by atoms with E-state index in [2.05, 4.69) is 73.6 Å². The highest BCUT2D eigenvalue weighted by Gasteiger charge is 2.10. The van der Waals surface area contributed by atoms with E-state index < -0.39 is 0 Å².